The molecule has 1 fully saturated rings. The lowest BCUT2D eigenvalue weighted by Gasteiger charge is -2.14. The van der Waals surface area contributed by atoms with Crippen LogP contribution in [0.4, 0.5) is 0 Å². The van der Waals surface area contributed by atoms with Gasteiger partial charge in [-0.05, 0) is 37.6 Å². The molecule has 0 N–H and O–H groups in total. The Morgan fingerprint density at radius 1 is 1.44 bits per heavy atom. The third kappa shape index (κ3) is 2.49. The summed E-state index contributed by atoms with van der Waals surface area (Å²) in [6.07, 6.45) is 5.43. The Labute approximate surface area is 112 Å². The van der Waals surface area contributed by atoms with Crippen LogP contribution in [0.2, 0.25) is 0 Å². The summed E-state index contributed by atoms with van der Waals surface area (Å²) in [6.45, 7) is 5.66. The van der Waals surface area contributed by atoms with Gasteiger partial charge in [-0.1, -0.05) is 0 Å². The van der Waals surface area contributed by atoms with Crippen LogP contribution in [0.1, 0.15) is 27.7 Å². The first-order chi connectivity index (χ1) is 8.70. The van der Waals surface area contributed by atoms with E-state index in [1.165, 1.54) is 34.8 Å². The minimum absolute atomic E-state index is 0.666. The first kappa shape index (κ1) is 11.9. The molecule has 0 spiro atoms. The van der Waals surface area contributed by atoms with Gasteiger partial charge in [0, 0.05) is 42.0 Å². The van der Waals surface area contributed by atoms with Gasteiger partial charge >= 0.3 is 0 Å². The Bertz CT molecular complexity index is 529. The fourth-order valence-electron chi connectivity index (χ4n) is 2.69. The predicted octanol–water partition coefficient (Wildman–Crippen LogP) is 2.78. The molecule has 96 valence electrons. The molecule has 4 heteroatoms. The van der Waals surface area contributed by atoms with Crippen molar-refractivity contribution in [3.8, 4) is 0 Å². The van der Waals surface area contributed by atoms with E-state index in [1.54, 1.807) is 0 Å². The highest BCUT2D eigenvalue weighted by molar-refractivity contribution is 7.11. The molecule has 0 unspecified atom stereocenters. The third-order valence-electron chi connectivity index (χ3n) is 3.64. The van der Waals surface area contributed by atoms with Crippen LogP contribution in [-0.2, 0) is 13.6 Å². The second-order valence-corrected chi connectivity index (χ2v) is 6.55. The first-order valence-electron chi connectivity index (χ1n) is 6.47. The number of rotatable bonds is 3. The average Bonchev–Trinajstić information content (AvgIpc) is 3.01. The minimum atomic E-state index is 0.666. The van der Waals surface area contributed by atoms with Gasteiger partial charge in [0.1, 0.15) is 0 Å². The van der Waals surface area contributed by atoms with Gasteiger partial charge in [-0.2, -0.15) is 5.10 Å². The Morgan fingerprint density at radius 2 is 2.33 bits per heavy atom. The maximum Gasteiger partial charge on any atom is 0.0524 e. The minimum Gasteiger partial charge on any atom is -0.298 e. The molecular formula is C14H19N3S. The van der Waals surface area contributed by atoms with Crippen molar-refractivity contribution in [2.45, 2.75) is 25.8 Å². The molecule has 3 heterocycles. The number of aryl methyl sites for hydroxylation is 2. The molecule has 0 saturated carbocycles. The summed E-state index contributed by atoms with van der Waals surface area (Å²) < 4.78 is 1.90. The van der Waals surface area contributed by atoms with E-state index in [2.05, 4.69) is 35.3 Å². The Morgan fingerprint density at radius 3 is 3.00 bits per heavy atom. The van der Waals surface area contributed by atoms with Crippen molar-refractivity contribution >= 4 is 11.3 Å². The van der Waals surface area contributed by atoms with E-state index < -0.39 is 0 Å². The summed E-state index contributed by atoms with van der Waals surface area (Å²) in [7, 11) is 1.99. The lowest BCUT2D eigenvalue weighted by molar-refractivity contribution is 0.330. The van der Waals surface area contributed by atoms with E-state index in [0.29, 0.717) is 5.92 Å². The van der Waals surface area contributed by atoms with Gasteiger partial charge in [0.15, 0.2) is 0 Å². The molecule has 1 saturated heterocycles. The summed E-state index contributed by atoms with van der Waals surface area (Å²) >= 11 is 1.92. The van der Waals surface area contributed by atoms with Crippen molar-refractivity contribution in [3.63, 3.8) is 0 Å². The zero-order chi connectivity index (χ0) is 12.5. The van der Waals surface area contributed by atoms with Crippen molar-refractivity contribution in [2.24, 2.45) is 7.05 Å². The van der Waals surface area contributed by atoms with Gasteiger partial charge in [-0.3, -0.25) is 9.58 Å². The molecule has 2 aromatic heterocycles. The van der Waals surface area contributed by atoms with Crippen LogP contribution < -0.4 is 0 Å². The largest absolute Gasteiger partial charge is 0.298 e. The van der Waals surface area contributed by atoms with Crippen LogP contribution in [0.3, 0.4) is 0 Å². The summed E-state index contributed by atoms with van der Waals surface area (Å²) in [5.74, 6) is 0.666. The number of likely N-dealkylation sites (tertiary alicyclic amines) is 1. The quantitative estimate of drug-likeness (QED) is 0.847. The second kappa shape index (κ2) is 4.86. The van der Waals surface area contributed by atoms with Gasteiger partial charge in [0.05, 0.1) is 6.20 Å². The van der Waals surface area contributed by atoms with Crippen LogP contribution in [0.15, 0.2) is 24.5 Å². The molecule has 0 amide bonds. The molecule has 1 aliphatic rings. The van der Waals surface area contributed by atoms with Crippen LogP contribution in [-0.4, -0.2) is 27.8 Å². The van der Waals surface area contributed by atoms with Gasteiger partial charge < -0.3 is 0 Å². The summed E-state index contributed by atoms with van der Waals surface area (Å²) in [5.41, 5.74) is 1.39. The molecule has 3 rings (SSSR count). The number of aromatic nitrogens is 2. The van der Waals surface area contributed by atoms with Crippen LogP contribution in [0.25, 0.3) is 0 Å². The maximum absolute atomic E-state index is 4.27. The molecular weight excluding hydrogens is 242 g/mol. The van der Waals surface area contributed by atoms with E-state index in [4.69, 9.17) is 0 Å². The van der Waals surface area contributed by atoms with Gasteiger partial charge in [0.2, 0.25) is 0 Å². The molecule has 2 aromatic rings. The van der Waals surface area contributed by atoms with Crippen LogP contribution in [0, 0.1) is 6.92 Å². The van der Waals surface area contributed by atoms with E-state index >= 15 is 0 Å². The van der Waals surface area contributed by atoms with Crippen molar-refractivity contribution in [1.29, 1.82) is 0 Å². The fourth-order valence-corrected chi connectivity index (χ4v) is 3.62. The van der Waals surface area contributed by atoms with Gasteiger partial charge in [-0.15, -0.1) is 11.3 Å². The third-order valence-corrected chi connectivity index (χ3v) is 4.63. The highest BCUT2D eigenvalue weighted by atomic mass is 32.1. The normalized spacial score (nSPS) is 20.7. The summed E-state index contributed by atoms with van der Waals surface area (Å²) in [6, 6.07) is 4.48. The molecule has 0 bridgehead atoms. The molecule has 0 radical (unpaired) electrons. The first-order valence-corrected chi connectivity index (χ1v) is 7.28. The van der Waals surface area contributed by atoms with Crippen molar-refractivity contribution in [3.05, 3.63) is 39.8 Å². The standard InChI is InChI=1S/C14H19N3S/c1-11-3-4-14(18-11)10-17-6-5-12(9-17)13-7-15-16(2)8-13/h3-4,7-8,12H,5-6,9-10H2,1-2H3/t12-/m0/s1. The van der Waals surface area contributed by atoms with E-state index in [-0.39, 0.29) is 0 Å². The fraction of sp³-hybridized carbons (Fsp3) is 0.500. The molecule has 1 atom stereocenters. The smallest absolute Gasteiger partial charge is 0.0524 e. The van der Waals surface area contributed by atoms with Gasteiger partial charge in [0.25, 0.3) is 0 Å². The maximum atomic E-state index is 4.27. The zero-order valence-corrected chi connectivity index (χ0v) is 11.8. The molecule has 3 nitrogen and oxygen atoms in total. The molecule has 0 aromatic carbocycles. The van der Waals surface area contributed by atoms with Gasteiger partial charge in [-0.25, -0.2) is 0 Å². The van der Waals surface area contributed by atoms with Crippen LogP contribution >= 0.6 is 11.3 Å². The number of hydrogen-bond donors (Lipinski definition) is 0. The molecule has 18 heavy (non-hydrogen) atoms. The summed E-state index contributed by atoms with van der Waals surface area (Å²) in [5, 5.41) is 4.27. The van der Waals surface area contributed by atoms with Crippen molar-refractivity contribution in [1.82, 2.24) is 14.7 Å². The molecule has 0 aliphatic carbocycles. The van der Waals surface area contributed by atoms with Crippen LogP contribution in [0.5, 0.6) is 0 Å². The SMILES string of the molecule is Cc1ccc(CN2CC[C@H](c3cnn(C)c3)C2)s1. The van der Waals surface area contributed by atoms with Crippen molar-refractivity contribution in [2.75, 3.05) is 13.1 Å². The number of hydrogen-bond acceptors (Lipinski definition) is 3. The van der Waals surface area contributed by atoms with E-state index in [1.807, 2.05) is 29.3 Å². The molecule has 1 aliphatic heterocycles. The monoisotopic (exact) mass is 261 g/mol. The Kier molecular flexibility index (Phi) is 3.22. The number of nitrogens with zero attached hydrogens (tertiary/aromatic N) is 3. The topological polar surface area (TPSA) is 21.1 Å². The van der Waals surface area contributed by atoms with E-state index in [9.17, 15) is 0 Å². The van der Waals surface area contributed by atoms with Crippen molar-refractivity contribution < 1.29 is 0 Å². The predicted molar refractivity (Wildman–Crippen MR) is 74.9 cm³/mol. The van der Waals surface area contributed by atoms with E-state index in [0.717, 1.165) is 6.54 Å². The lowest BCUT2D eigenvalue weighted by atomic mass is 10.0. The summed E-state index contributed by atoms with van der Waals surface area (Å²) in [4.78, 5) is 5.45. The highest BCUT2D eigenvalue weighted by Gasteiger charge is 2.24. The Balaban J connectivity index is 1.61. The second-order valence-electron chi connectivity index (χ2n) is 5.18. The lowest BCUT2D eigenvalue weighted by Crippen LogP contribution is -2.18. The zero-order valence-electron chi connectivity index (χ0n) is 11.0. The number of thiophene rings is 1. The average molecular weight is 261 g/mol. The highest BCUT2D eigenvalue weighted by Crippen LogP contribution is 2.28. The Hall–Kier alpha value is -1.13.